The van der Waals surface area contributed by atoms with Crippen LogP contribution in [0.5, 0.6) is 0 Å². The molecule has 3 heterocycles. The Balaban J connectivity index is 1.71. The second-order valence-corrected chi connectivity index (χ2v) is 8.18. The van der Waals surface area contributed by atoms with Gasteiger partial charge in [-0.3, -0.25) is 0 Å². The van der Waals surface area contributed by atoms with Crippen molar-refractivity contribution in [2.24, 2.45) is 0 Å². The molecule has 0 bridgehead atoms. The lowest BCUT2D eigenvalue weighted by Gasteiger charge is -2.38. The molecule has 1 aliphatic rings. The lowest BCUT2D eigenvalue weighted by molar-refractivity contribution is 0.0730. The van der Waals surface area contributed by atoms with Crippen LogP contribution in [0.25, 0.3) is 22.3 Å². The molecule has 1 aromatic carbocycles. The molecule has 1 aliphatic heterocycles. The lowest BCUT2D eigenvalue weighted by Crippen LogP contribution is -2.44. The van der Waals surface area contributed by atoms with Gasteiger partial charge >= 0.3 is 0 Å². The molecule has 7 nitrogen and oxygen atoms in total. The molecule has 0 fully saturated rings. The van der Waals surface area contributed by atoms with Gasteiger partial charge in [-0.15, -0.1) is 0 Å². The summed E-state index contributed by atoms with van der Waals surface area (Å²) >= 11 is 0. The van der Waals surface area contributed by atoms with Gasteiger partial charge < -0.3 is 24.6 Å². The Labute approximate surface area is 171 Å². The predicted molar refractivity (Wildman–Crippen MR) is 117 cm³/mol. The summed E-state index contributed by atoms with van der Waals surface area (Å²) in [7, 11) is 1.72. The van der Waals surface area contributed by atoms with Crippen LogP contribution in [0.15, 0.2) is 36.7 Å². The molecule has 0 aliphatic carbocycles. The highest BCUT2D eigenvalue weighted by Crippen LogP contribution is 2.34. The van der Waals surface area contributed by atoms with Crippen molar-refractivity contribution in [1.82, 2.24) is 15.0 Å². The quantitative estimate of drug-likeness (QED) is 0.640. The van der Waals surface area contributed by atoms with Crippen LogP contribution < -0.4 is 9.80 Å². The van der Waals surface area contributed by atoms with Crippen LogP contribution in [0.2, 0.25) is 0 Å². The summed E-state index contributed by atoms with van der Waals surface area (Å²) in [6.07, 6.45) is 4.55. The maximum Gasteiger partial charge on any atom is 0.162 e. The molecule has 0 amide bonds. The molecule has 2 N–H and O–H groups in total. The first-order chi connectivity index (χ1) is 14.0. The van der Waals surface area contributed by atoms with Gasteiger partial charge in [-0.05, 0) is 32.4 Å². The second-order valence-electron chi connectivity index (χ2n) is 8.18. The fraction of sp³-hybridized carbons (Fsp3) is 0.455. The van der Waals surface area contributed by atoms with Crippen molar-refractivity contribution < 1.29 is 9.84 Å². The van der Waals surface area contributed by atoms with E-state index in [2.05, 4.69) is 33.0 Å². The van der Waals surface area contributed by atoms with Crippen LogP contribution in [-0.2, 0) is 4.74 Å². The monoisotopic (exact) mass is 395 g/mol. The molecule has 3 aromatic rings. The Bertz CT molecular complexity index is 979. The van der Waals surface area contributed by atoms with E-state index in [0.29, 0.717) is 13.0 Å². The summed E-state index contributed by atoms with van der Waals surface area (Å²) in [4.78, 5) is 17.5. The third-order valence-corrected chi connectivity index (χ3v) is 5.42. The average Bonchev–Trinajstić information content (AvgIpc) is 3.19. The summed E-state index contributed by atoms with van der Waals surface area (Å²) in [5.74, 6) is 1.65. The van der Waals surface area contributed by atoms with E-state index in [1.807, 2.05) is 32.3 Å². The van der Waals surface area contributed by atoms with Gasteiger partial charge in [-0.25, -0.2) is 9.97 Å². The molecule has 0 unspecified atom stereocenters. The summed E-state index contributed by atoms with van der Waals surface area (Å²) in [5.41, 5.74) is 2.42. The minimum Gasteiger partial charge on any atom is -0.390 e. The summed E-state index contributed by atoms with van der Waals surface area (Å²) < 4.78 is 5.30. The van der Waals surface area contributed by atoms with Crippen LogP contribution in [0, 0.1) is 0 Å². The number of anilines is 2. The van der Waals surface area contributed by atoms with Gasteiger partial charge in [-0.1, -0.05) is 12.1 Å². The smallest absolute Gasteiger partial charge is 0.162 e. The maximum absolute atomic E-state index is 10.1. The topological polar surface area (TPSA) is 77.5 Å². The number of ether oxygens (including phenoxy) is 1. The minimum absolute atomic E-state index is 0.649. The van der Waals surface area contributed by atoms with Crippen LogP contribution in [0.4, 0.5) is 11.5 Å². The number of nitrogens with zero attached hydrogens (tertiary/aromatic N) is 4. The van der Waals surface area contributed by atoms with Gasteiger partial charge in [0.05, 0.1) is 24.1 Å². The zero-order valence-electron chi connectivity index (χ0n) is 17.4. The Hall–Kier alpha value is -2.64. The minimum atomic E-state index is -0.696. The number of methoxy groups -OCH3 is 1. The van der Waals surface area contributed by atoms with Crippen molar-refractivity contribution in [3.8, 4) is 11.4 Å². The van der Waals surface area contributed by atoms with Crippen molar-refractivity contribution >= 4 is 22.4 Å². The summed E-state index contributed by atoms with van der Waals surface area (Å²) in [6.45, 7) is 7.64. The largest absolute Gasteiger partial charge is 0.390 e. The molecular formula is C22H29N5O2. The highest BCUT2D eigenvalue weighted by Gasteiger charge is 2.26. The highest BCUT2D eigenvalue weighted by molar-refractivity contribution is 5.93. The number of aliphatic hydroxyl groups is 1. The van der Waals surface area contributed by atoms with E-state index >= 15 is 0 Å². The number of nitrogens with one attached hydrogen (secondary N) is 1. The predicted octanol–water partition coefficient (Wildman–Crippen LogP) is 3.06. The van der Waals surface area contributed by atoms with Crippen molar-refractivity contribution in [2.45, 2.75) is 25.9 Å². The lowest BCUT2D eigenvalue weighted by atomic mass is 10.0. The molecule has 2 aromatic heterocycles. The molecule has 7 heteroatoms. The first-order valence-electron chi connectivity index (χ1n) is 10.1. The molecule has 0 atom stereocenters. The Morgan fingerprint density at radius 2 is 2.00 bits per heavy atom. The van der Waals surface area contributed by atoms with E-state index in [9.17, 15) is 5.11 Å². The van der Waals surface area contributed by atoms with E-state index in [1.54, 1.807) is 7.11 Å². The number of benzene rings is 1. The highest BCUT2D eigenvalue weighted by atomic mass is 16.5. The fourth-order valence-electron chi connectivity index (χ4n) is 3.76. The Morgan fingerprint density at radius 1 is 1.17 bits per heavy atom. The third kappa shape index (κ3) is 4.21. The van der Waals surface area contributed by atoms with Crippen molar-refractivity contribution in [3.05, 3.63) is 36.7 Å². The molecule has 154 valence electrons. The molecule has 4 rings (SSSR count). The van der Waals surface area contributed by atoms with Gasteiger partial charge in [0.15, 0.2) is 11.6 Å². The number of hydrogen-bond acceptors (Lipinski definition) is 6. The van der Waals surface area contributed by atoms with Crippen LogP contribution >= 0.6 is 0 Å². The first kappa shape index (κ1) is 19.7. The molecule has 29 heavy (non-hydrogen) atoms. The SMILES string of the molecule is COCCN1CCN(CCC(C)(C)O)c2cnc(-c3cccc4[nH]ccc34)nc21. The molecule has 0 radical (unpaired) electrons. The van der Waals surface area contributed by atoms with Gasteiger partial charge in [0.25, 0.3) is 0 Å². The standard InChI is InChI=1S/C22H29N5O2/c1-22(2,28)8-10-26-11-12-27(13-14-29-3)21-19(26)15-24-20(25-21)17-5-4-6-18-16(17)7-9-23-18/h4-7,9,15,23,28H,8,10-14H2,1-3H3. The fourth-order valence-corrected chi connectivity index (χ4v) is 3.76. The maximum atomic E-state index is 10.1. The number of aromatic amines is 1. The van der Waals surface area contributed by atoms with Crippen molar-refractivity contribution in [3.63, 3.8) is 0 Å². The number of aromatic nitrogens is 3. The number of fused-ring (bicyclic) bond motifs is 2. The zero-order valence-corrected chi connectivity index (χ0v) is 17.4. The van der Waals surface area contributed by atoms with E-state index in [-0.39, 0.29) is 0 Å². The molecule has 0 saturated heterocycles. The summed E-state index contributed by atoms with van der Waals surface area (Å²) in [5, 5.41) is 11.3. The van der Waals surface area contributed by atoms with Gasteiger partial charge in [0.1, 0.15) is 0 Å². The van der Waals surface area contributed by atoms with Crippen LogP contribution in [-0.4, -0.2) is 65.6 Å². The summed E-state index contributed by atoms with van der Waals surface area (Å²) in [6, 6.07) is 8.20. The first-order valence-corrected chi connectivity index (χ1v) is 10.1. The van der Waals surface area contributed by atoms with E-state index in [0.717, 1.165) is 60.0 Å². The van der Waals surface area contributed by atoms with Gasteiger partial charge in [0.2, 0.25) is 0 Å². The third-order valence-electron chi connectivity index (χ3n) is 5.42. The van der Waals surface area contributed by atoms with Gasteiger partial charge in [0, 0.05) is 56.0 Å². The molecule has 0 spiro atoms. The van der Waals surface area contributed by atoms with E-state index in [4.69, 9.17) is 14.7 Å². The van der Waals surface area contributed by atoms with E-state index in [1.165, 1.54) is 0 Å². The Kier molecular flexibility index (Phi) is 5.43. The normalized spacial score (nSPS) is 14.5. The zero-order chi connectivity index (χ0) is 20.4. The molecule has 0 saturated carbocycles. The number of rotatable bonds is 7. The van der Waals surface area contributed by atoms with Crippen molar-refractivity contribution in [2.75, 3.05) is 49.7 Å². The average molecular weight is 396 g/mol. The number of H-pyrrole nitrogens is 1. The van der Waals surface area contributed by atoms with Gasteiger partial charge in [-0.2, -0.15) is 0 Å². The van der Waals surface area contributed by atoms with Crippen molar-refractivity contribution in [1.29, 1.82) is 0 Å². The van der Waals surface area contributed by atoms with Crippen LogP contribution in [0.1, 0.15) is 20.3 Å². The van der Waals surface area contributed by atoms with E-state index < -0.39 is 5.60 Å². The second kappa shape index (κ2) is 8.00. The van der Waals surface area contributed by atoms with Crippen LogP contribution in [0.3, 0.4) is 0 Å². The Morgan fingerprint density at radius 3 is 2.79 bits per heavy atom. The number of hydrogen-bond donors (Lipinski definition) is 2. The molecular weight excluding hydrogens is 366 g/mol.